The normalized spacial score (nSPS) is 14.6. The molecule has 0 unspecified atom stereocenters. The zero-order chi connectivity index (χ0) is 12.0. The first-order chi connectivity index (χ1) is 7.79. The van der Waals surface area contributed by atoms with Gasteiger partial charge in [-0.2, -0.15) is 0 Å². The third kappa shape index (κ3) is 3.19. The average Bonchev–Trinajstić information content (AvgIpc) is 2.84. The van der Waals surface area contributed by atoms with Gasteiger partial charge in [0.25, 0.3) is 0 Å². The minimum atomic E-state index is 0.930. The number of rotatable bonds is 2. The quantitative estimate of drug-likeness (QED) is 0.769. The second kappa shape index (κ2) is 6.46. The molecule has 2 heterocycles. The molecule has 0 amide bonds. The van der Waals surface area contributed by atoms with E-state index in [1.807, 2.05) is 20.8 Å². The highest BCUT2D eigenvalue weighted by Crippen LogP contribution is 2.16. The predicted octanol–water partition coefficient (Wildman–Crippen LogP) is 2.97. The molecule has 16 heavy (non-hydrogen) atoms. The third-order valence-electron chi connectivity index (χ3n) is 2.65. The van der Waals surface area contributed by atoms with E-state index in [2.05, 4.69) is 27.9 Å². The summed E-state index contributed by atoms with van der Waals surface area (Å²) in [6, 6.07) is 2.07. The highest BCUT2D eigenvalue weighted by Gasteiger charge is 2.15. The second-order valence-corrected chi connectivity index (χ2v) is 3.85. The Labute approximate surface area is 98.9 Å². The minimum Gasteiger partial charge on any atom is -0.341 e. The summed E-state index contributed by atoms with van der Waals surface area (Å²) in [6.07, 6.45) is 3.54. The van der Waals surface area contributed by atoms with E-state index in [1.165, 1.54) is 12.8 Å². The van der Waals surface area contributed by atoms with Crippen molar-refractivity contribution in [3.63, 3.8) is 0 Å². The van der Waals surface area contributed by atoms with Crippen LogP contribution in [0, 0.1) is 6.92 Å². The largest absolute Gasteiger partial charge is 0.341 e. The van der Waals surface area contributed by atoms with Gasteiger partial charge in [-0.1, -0.05) is 20.8 Å². The third-order valence-corrected chi connectivity index (χ3v) is 2.65. The van der Waals surface area contributed by atoms with Crippen LogP contribution in [0.25, 0.3) is 0 Å². The number of hydrogen-bond acceptors (Lipinski definition) is 3. The summed E-state index contributed by atoms with van der Waals surface area (Å²) in [5.41, 5.74) is 2.23. The van der Waals surface area contributed by atoms with Crippen LogP contribution in [0.15, 0.2) is 6.07 Å². The first kappa shape index (κ1) is 12.9. The van der Waals surface area contributed by atoms with Crippen LogP contribution in [0.3, 0.4) is 0 Å². The van der Waals surface area contributed by atoms with Gasteiger partial charge in [0.1, 0.15) is 0 Å². The van der Waals surface area contributed by atoms with Crippen LogP contribution in [-0.2, 0) is 6.42 Å². The first-order valence-corrected chi connectivity index (χ1v) is 6.39. The summed E-state index contributed by atoms with van der Waals surface area (Å²) >= 11 is 0. The van der Waals surface area contributed by atoms with Gasteiger partial charge < -0.3 is 4.90 Å². The molecule has 0 N–H and O–H groups in total. The molecule has 1 aromatic heterocycles. The van der Waals surface area contributed by atoms with Crippen LogP contribution >= 0.6 is 0 Å². The zero-order valence-electron chi connectivity index (χ0n) is 11.0. The molecule has 0 radical (unpaired) electrons. The van der Waals surface area contributed by atoms with E-state index in [-0.39, 0.29) is 0 Å². The molecular formula is C13H23N3. The molecule has 1 aromatic rings. The van der Waals surface area contributed by atoms with Gasteiger partial charge in [0, 0.05) is 24.5 Å². The van der Waals surface area contributed by atoms with Crippen molar-refractivity contribution in [1.82, 2.24) is 9.97 Å². The van der Waals surface area contributed by atoms with Crippen molar-refractivity contribution in [3.05, 3.63) is 17.5 Å². The van der Waals surface area contributed by atoms with Gasteiger partial charge in [-0.25, -0.2) is 9.97 Å². The van der Waals surface area contributed by atoms with Gasteiger partial charge in [0.2, 0.25) is 5.95 Å². The molecule has 1 saturated heterocycles. The topological polar surface area (TPSA) is 29.0 Å². The summed E-state index contributed by atoms with van der Waals surface area (Å²) in [5, 5.41) is 0. The van der Waals surface area contributed by atoms with Crippen LogP contribution in [0.4, 0.5) is 5.95 Å². The van der Waals surface area contributed by atoms with Gasteiger partial charge in [-0.3, -0.25) is 0 Å². The Balaban J connectivity index is 0.000000606. The monoisotopic (exact) mass is 221 g/mol. The average molecular weight is 221 g/mol. The number of anilines is 1. The number of aromatic nitrogens is 2. The Kier molecular flexibility index (Phi) is 5.23. The molecule has 3 nitrogen and oxygen atoms in total. The van der Waals surface area contributed by atoms with Crippen LogP contribution in [0.1, 0.15) is 45.0 Å². The lowest BCUT2D eigenvalue weighted by molar-refractivity contribution is 0.864. The molecule has 0 aliphatic carbocycles. The molecule has 0 bridgehead atoms. The van der Waals surface area contributed by atoms with Crippen molar-refractivity contribution < 1.29 is 0 Å². The van der Waals surface area contributed by atoms with E-state index in [0.29, 0.717) is 0 Å². The molecule has 1 aliphatic heterocycles. The minimum absolute atomic E-state index is 0.930. The fourth-order valence-electron chi connectivity index (χ4n) is 1.86. The smallest absolute Gasteiger partial charge is 0.225 e. The molecule has 2 rings (SSSR count). The fraction of sp³-hybridized carbons (Fsp3) is 0.692. The van der Waals surface area contributed by atoms with E-state index in [0.717, 1.165) is 36.8 Å². The Morgan fingerprint density at radius 3 is 2.38 bits per heavy atom. The summed E-state index contributed by atoms with van der Waals surface area (Å²) in [7, 11) is 0. The lowest BCUT2D eigenvalue weighted by Gasteiger charge is -2.16. The van der Waals surface area contributed by atoms with Crippen molar-refractivity contribution in [2.24, 2.45) is 0 Å². The molecule has 1 aliphatic rings. The van der Waals surface area contributed by atoms with Gasteiger partial charge in [0.15, 0.2) is 0 Å². The van der Waals surface area contributed by atoms with E-state index < -0.39 is 0 Å². The summed E-state index contributed by atoms with van der Waals surface area (Å²) in [6.45, 7) is 10.4. The highest BCUT2D eigenvalue weighted by atomic mass is 15.3. The van der Waals surface area contributed by atoms with Crippen molar-refractivity contribution in [2.45, 2.75) is 47.0 Å². The molecule has 0 atom stereocenters. The van der Waals surface area contributed by atoms with Gasteiger partial charge in [0.05, 0.1) is 0 Å². The second-order valence-electron chi connectivity index (χ2n) is 3.85. The molecular weight excluding hydrogens is 198 g/mol. The van der Waals surface area contributed by atoms with E-state index in [9.17, 15) is 0 Å². The molecule has 0 aromatic carbocycles. The Morgan fingerprint density at radius 1 is 1.19 bits per heavy atom. The maximum atomic E-state index is 4.55. The van der Waals surface area contributed by atoms with Crippen LogP contribution in [-0.4, -0.2) is 23.1 Å². The van der Waals surface area contributed by atoms with Gasteiger partial charge >= 0.3 is 0 Å². The van der Waals surface area contributed by atoms with Crippen LogP contribution in [0.2, 0.25) is 0 Å². The Hall–Kier alpha value is -1.12. The number of nitrogens with zero attached hydrogens (tertiary/aromatic N) is 3. The van der Waals surface area contributed by atoms with Gasteiger partial charge in [-0.05, 0) is 32.3 Å². The highest BCUT2D eigenvalue weighted by molar-refractivity contribution is 5.33. The molecule has 0 saturated carbocycles. The number of aryl methyl sites for hydroxylation is 2. The van der Waals surface area contributed by atoms with E-state index in [4.69, 9.17) is 0 Å². The van der Waals surface area contributed by atoms with E-state index in [1.54, 1.807) is 0 Å². The number of hydrogen-bond donors (Lipinski definition) is 0. The van der Waals surface area contributed by atoms with Crippen LogP contribution in [0.5, 0.6) is 0 Å². The van der Waals surface area contributed by atoms with Crippen LogP contribution < -0.4 is 4.90 Å². The molecule has 1 fully saturated rings. The molecule has 90 valence electrons. The first-order valence-electron chi connectivity index (χ1n) is 6.39. The van der Waals surface area contributed by atoms with Crippen molar-refractivity contribution in [1.29, 1.82) is 0 Å². The van der Waals surface area contributed by atoms with E-state index >= 15 is 0 Å². The summed E-state index contributed by atoms with van der Waals surface area (Å²) in [4.78, 5) is 11.3. The molecule has 3 heteroatoms. The molecule has 0 spiro atoms. The fourth-order valence-corrected chi connectivity index (χ4v) is 1.86. The predicted molar refractivity (Wildman–Crippen MR) is 68.9 cm³/mol. The summed E-state index contributed by atoms with van der Waals surface area (Å²) in [5.74, 6) is 0.930. The Morgan fingerprint density at radius 2 is 1.81 bits per heavy atom. The lowest BCUT2D eigenvalue weighted by Crippen LogP contribution is -2.21. The zero-order valence-corrected chi connectivity index (χ0v) is 11.0. The van der Waals surface area contributed by atoms with Crippen molar-refractivity contribution in [3.8, 4) is 0 Å². The standard InChI is InChI=1S/C11H17N3.C2H6/c1-3-10-8-9(2)12-11(13-10)14-6-4-5-7-14;1-2/h8H,3-7H2,1-2H3;1-2H3. The maximum Gasteiger partial charge on any atom is 0.225 e. The van der Waals surface area contributed by atoms with Crippen molar-refractivity contribution >= 4 is 5.95 Å². The van der Waals surface area contributed by atoms with Crippen molar-refractivity contribution in [2.75, 3.05) is 18.0 Å². The Bertz CT molecular complexity index is 317. The maximum absolute atomic E-state index is 4.55. The lowest BCUT2D eigenvalue weighted by atomic mass is 10.3. The SMILES string of the molecule is CC.CCc1cc(C)nc(N2CCCC2)n1. The summed E-state index contributed by atoms with van der Waals surface area (Å²) < 4.78 is 0. The van der Waals surface area contributed by atoms with Gasteiger partial charge in [-0.15, -0.1) is 0 Å².